The summed E-state index contributed by atoms with van der Waals surface area (Å²) in [6.07, 6.45) is 4.57. The van der Waals surface area contributed by atoms with Gasteiger partial charge in [0.2, 0.25) is 0 Å². The first kappa shape index (κ1) is 15.2. The maximum absolute atomic E-state index is 12.9. The van der Waals surface area contributed by atoms with Gasteiger partial charge in [-0.15, -0.1) is 0 Å². The van der Waals surface area contributed by atoms with E-state index in [1.54, 1.807) is 17.7 Å². The monoisotopic (exact) mass is 329 g/mol. The van der Waals surface area contributed by atoms with Gasteiger partial charge in [0.25, 0.3) is 5.91 Å². The van der Waals surface area contributed by atoms with Crippen molar-refractivity contribution in [1.29, 1.82) is 0 Å². The highest BCUT2D eigenvalue weighted by atomic mass is 35.5. The van der Waals surface area contributed by atoms with Gasteiger partial charge in [0.1, 0.15) is 10.8 Å². The van der Waals surface area contributed by atoms with Crippen molar-refractivity contribution in [2.24, 2.45) is 7.05 Å². The number of hydrogen-bond donors (Lipinski definition) is 0. The van der Waals surface area contributed by atoms with Gasteiger partial charge in [0, 0.05) is 25.7 Å². The average Bonchev–Trinajstić information content (AvgIpc) is 3.14. The molecule has 4 nitrogen and oxygen atoms in total. The molecular formula is C15H21Cl2N3O. The van der Waals surface area contributed by atoms with Gasteiger partial charge in [-0.25, -0.2) is 0 Å². The van der Waals surface area contributed by atoms with E-state index in [1.165, 1.54) is 12.8 Å². The topological polar surface area (TPSA) is 28.5 Å². The van der Waals surface area contributed by atoms with Crippen LogP contribution in [0.25, 0.3) is 0 Å². The molecule has 0 bridgehead atoms. The molecule has 0 N–H and O–H groups in total. The van der Waals surface area contributed by atoms with E-state index < -0.39 is 0 Å². The van der Waals surface area contributed by atoms with Gasteiger partial charge >= 0.3 is 0 Å². The summed E-state index contributed by atoms with van der Waals surface area (Å²) in [6.45, 7) is 1.96. The Morgan fingerprint density at radius 2 is 1.81 bits per heavy atom. The van der Waals surface area contributed by atoms with Crippen LogP contribution in [0.3, 0.4) is 0 Å². The second kappa shape index (κ2) is 5.82. The van der Waals surface area contributed by atoms with Crippen LogP contribution in [0.1, 0.15) is 36.2 Å². The fourth-order valence-corrected chi connectivity index (χ4v) is 4.14. The van der Waals surface area contributed by atoms with E-state index in [0.717, 1.165) is 25.9 Å². The Bertz CT molecular complexity index is 557. The van der Waals surface area contributed by atoms with E-state index in [1.807, 2.05) is 4.90 Å². The first-order valence-corrected chi connectivity index (χ1v) is 8.28. The Hall–Kier alpha value is -0.710. The van der Waals surface area contributed by atoms with Gasteiger partial charge in [-0.2, -0.15) is 0 Å². The summed E-state index contributed by atoms with van der Waals surface area (Å²) in [7, 11) is 3.95. The molecule has 1 aromatic rings. The van der Waals surface area contributed by atoms with E-state index in [2.05, 4.69) is 11.9 Å². The lowest BCUT2D eigenvalue weighted by molar-refractivity contribution is 0.0655. The second-order valence-electron chi connectivity index (χ2n) is 6.13. The third kappa shape index (κ3) is 2.58. The highest BCUT2D eigenvalue weighted by Gasteiger charge is 2.39. The lowest BCUT2D eigenvalue weighted by Crippen LogP contribution is -2.47. The standard InChI is InChI=1S/C15H21Cl2N3O/c1-18-7-3-5-11(18)12-6-4-8-20(12)15(21)13-9-10(16)14(17)19(13)2/h9,11-12H,3-8H2,1-2H3/t11-,12+/m1/s1. The minimum absolute atomic E-state index is 0.0501. The summed E-state index contributed by atoms with van der Waals surface area (Å²) < 4.78 is 1.68. The van der Waals surface area contributed by atoms with Crippen molar-refractivity contribution >= 4 is 29.1 Å². The Kier molecular flexibility index (Phi) is 4.21. The van der Waals surface area contributed by atoms with Gasteiger partial charge in [0.15, 0.2) is 0 Å². The molecule has 3 heterocycles. The van der Waals surface area contributed by atoms with Gasteiger partial charge in [-0.05, 0) is 45.3 Å². The number of carbonyl (C=O) groups is 1. The second-order valence-corrected chi connectivity index (χ2v) is 6.89. The summed E-state index contributed by atoms with van der Waals surface area (Å²) in [6, 6.07) is 2.49. The molecule has 3 rings (SSSR count). The van der Waals surface area contributed by atoms with Gasteiger partial charge in [-0.3, -0.25) is 4.79 Å². The van der Waals surface area contributed by atoms with Crippen molar-refractivity contribution < 1.29 is 4.79 Å². The van der Waals surface area contributed by atoms with Crippen LogP contribution in [0.2, 0.25) is 10.2 Å². The number of likely N-dealkylation sites (tertiary alicyclic amines) is 2. The van der Waals surface area contributed by atoms with Gasteiger partial charge in [-0.1, -0.05) is 23.2 Å². The molecule has 6 heteroatoms. The fraction of sp³-hybridized carbons (Fsp3) is 0.667. The maximum Gasteiger partial charge on any atom is 0.270 e. The van der Waals surface area contributed by atoms with Gasteiger partial charge < -0.3 is 14.4 Å². The molecule has 21 heavy (non-hydrogen) atoms. The summed E-state index contributed by atoms with van der Waals surface area (Å²) in [5.41, 5.74) is 0.581. The zero-order chi connectivity index (χ0) is 15.1. The fourth-order valence-electron chi connectivity index (χ4n) is 3.76. The third-order valence-electron chi connectivity index (χ3n) is 4.92. The molecule has 0 aromatic carbocycles. The zero-order valence-corrected chi connectivity index (χ0v) is 14.0. The van der Waals surface area contributed by atoms with Crippen molar-refractivity contribution in [3.05, 3.63) is 21.9 Å². The number of nitrogens with zero attached hydrogens (tertiary/aromatic N) is 3. The number of amides is 1. The van der Waals surface area contributed by atoms with E-state index in [4.69, 9.17) is 23.2 Å². The van der Waals surface area contributed by atoms with Crippen LogP contribution in [0, 0.1) is 0 Å². The quantitative estimate of drug-likeness (QED) is 0.834. The number of rotatable bonds is 2. The van der Waals surface area contributed by atoms with Crippen LogP contribution < -0.4 is 0 Å². The van der Waals surface area contributed by atoms with E-state index in [-0.39, 0.29) is 5.91 Å². The Morgan fingerprint density at radius 3 is 2.38 bits per heavy atom. The van der Waals surface area contributed by atoms with Crippen molar-refractivity contribution in [3.63, 3.8) is 0 Å². The van der Waals surface area contributed by atoms with Crippen LogP contribution in [0.15, 0.2) is 6.07 Å². The van der Waals surface area contributed by atoms with Crippen molar-refractivity contribution in [2.75, 3.05) is 20.1 Å². The summed E-state index contributed by atoms with van der Waals surface area (Å²) in [5.74, 6) is 0.0501. The molecule has 2 aliphatic rings. The third-order valence-corrected chi connectivity index (χ3v) is 5.76. The molecular weight excluding hydrogens is 309 g/mol. The minimum atomic E-state index is 0.0501. The molecule has 1 aromatic heterocycles. The summed E-state index contributed by atoms with van der Waals surface area (Å²) in [4.78, 5) is 17.3. The lowest BCUT2D eigenvalue weighted by atomic mass is 10.0. The molecule has 2 atom stereocenters. The molecule has 0 saturated carbocycles. The summed E-state index contributed by atoms with van der Waals surface area (Å²) in [5, 5.41) is 0.866. The number of aromatic nitrogens is 1. The average molecular weight is 330 g/mol. The Morgan fingerprint density at radius 1 is 1.14 bits per heavy atom. The molecule has 116 valence electrons. The smallest absolute Gasteiger partial charge is 0.270 e. The molecule has 2 aliphatic heterocycles. The normalized spacial score (nSPS) is 26.8. The van der Waals surface area contributed by atoms with Crippen LogP contribution in [0.4, 0.5) is 0 Å². The molecule has 0 unspecified atom stereocenters. The first-order valence-electron chi connectivity index (χ1n) is 7.52. The Labute approximate surface area is 135 Å². The maximum atomic E-state index is 12.9. The van der Waals surface area contributed by atoms with Crippen molar-refractivity contribution in [2.45, 2.75) is 37.8 Å². The Balaban J connectivity index is 1.84. The number of hydrogen-bond acceptors (Lipinski definition) is 2. The van der Waals surface area contributed by atoms with E-state index in [9.17, 15) is 4.79 Å². The number of halogens is 2. The first-order chi connectivity index (χ1) is 10.0. The molecule has 0 radical (unpaired) electrons. The molecule has 0 spiro atoms. The number of carbonyl (C=O) groups excluding carboxylic acids is 1. The van der Waals surface area contributed by atoms with Crippen LogP contribution in [-0.4, -0.2) is 52.5 Å². The van der Waals surface area contributed by atoms with Gasteiger partial charge in [0.05, 0.1) is 5.02 Å². The van der Waals surface area contributed by atoms with Crippen molar-refractivity contribution in [1.82, 2.24) is 14.4 Å². The highest BCUT2D eigenvalue weighted by Crippen LogP contribution is 2.32. The summed E-state index contributed by atoms with van der Waals surface area (Å²) >= 11 is 12.1. The zero-order valence-electron chi connectivity index (χ0n) is 12.5. The SMILES string of the molecule is CN1CCC[C@@H]1[C@@H]1CCCN1C(=O)c1cc(Cl)c(Cl)n1C. The predicted octanol–water partition coefficient (Wildman–Crippen LogP) is 3.03. The van der Waals surface area contributed by atoms with Crippen LogP contribution in [-0.2, 0) is 7.05 Å². The van der Waals surface area contributed by atoms with Crippen molar-refractivity contribution in [3.8, 4) is 0 Å². The number of likely N-dealkylation sites (N-methyl/N-ethyl adjacent to an activating group) is 1. The van der Waals surface area contributed by atoms with Crippen LogP contribution >= 0.6 is 23.2 Å². The van der Waals surface area contributed by atoms with E-state index >= 15 is 0 Å². The molecule has 1 amide bonds. The highest BCUT2D eigenvalue weighted by molar-refractivity contribution is 6.41. The molecule has 2 saturated heterocycles. The lowest BCUT2D eigenvalue weighted by Gasteiger charge is -2.33. The predicted molar refractivity (Wildman–Crippen MR) is 85.1 cm³/mol. The minimum Gasteiger partial charge on any atom is -0.333 e. The largest absolute Gasteiger partial charge is 0.333 e. The molecule has 2 fully saturated rings. The molecule has 0 aliphatic carbocycles. The van der Waals surface area contributed by atoms with E-state index in [0.29, 0.717) is 28.0 Å². The van der Waals surface area contributed by atoms with Crippen LogP contribution in [0.5, 0.6) is 0 Å².